The Morgan fingerprint density at radius 1 is 0.388 bits per heavy atom. The van der Waals surface area contributed by atoms with Crippen LogP contribution in [0.3, 0.4) is 0 Å². The highest BCUT2D eigenvalue weighted by atomic mass is 16.5. The third-order valence-corrected chi connectivity index (χ3v) is 15.2. The second kappa shape index (κ2) is 27.6. The molecule has 9 N–H and O–H groups in total. The van der Waals surface area contributed by atoms with Gasteiger partial charge in [0.1, 0.15) is 40.8 Å². The number of aromatic nitrogens is 23. The lowest BCUT2D eigenvalue weighted by Crippen LogP contribution is -2.00. The third kappa shape index (κ3) is 13.6. The van der Waals surface area contributed by atoms with Gasteiger partial charge in [0.25, 0.3) is 17.6 Å². The van der Waals surface area contributed by atoms with E-state index in [9.17, 15) is 0 Å². The average Bonchev–Trinajstić information content (AvgIpc) is 1.63. The van der Waals surface area contributed by atoms with Gasteiger partial charge in [-0.3, -0.25) is 19.0 Å². The molecule has 0 aliphatic heterocycles. The number of aryl methyl sites for hydroxylation is 8. The lowest BCUT2D eigenvalue weighted by Gasteiger charge is -2.09. The zero-order chi connectivity index (χ0) is 68.0. The van der Waals surface area contributed by atoms with Crippen LogP contribution in [0.2, 0.25) is 0 Å². The molecular weight excluding hydrogens is 1250 g/mol. The Kier molecular flexibility index (Phi) is 17.8. The van der Waals surface area contributed by atoms with Crippen molar-refractivity contribution in [3.05, 3.63) is 170 Å². The molecule has 0 aliphatic carbocycles. The number of H-pyrrole nitrogens is 3. The van der Waals surface area contributed by atoms with Crippen LogP contribution in [0.25, 0.3) is 66.5 Å². The normalized spacial score (nSPS) is 11.0. The zero-order valence-corrected chi connectivity index (χ0v) is 54.9. The van der Waals surface area contributed by atoms with Crippen LogP contribution in [0, 0.1) is 34.6 Å². The summed E-state index contributed by atoms with van der Waals surface area (Å²) >= 11 is 0. The van der Waals surface area contributed by atoms with E-state index in [0.29, 0.717) is 81.6 Å². The van der Waals surface area contributed by atoms with Crippen LogP contribution < -0.4 is 46.1 Å². The van der Waals surface area contributed by atoms with E-state index >= 15 is 0 Å². The number of rotatable bonds is 18. The van der Waals surface area contributed by atoms with Gasteiger partial charge in [-0.1, -0.05) is 0 Å². The molecule has 15 aromatic rings. The molecule has 15 rings (SSSR count). The average molecular weight is 1310 g/mol. The predicted octanol–water partition coefficient (Wildman–Crippen LogP) is 11.3. The predicted molar refractivity (Wildman–Crippen MR) is 372 cm³/mol. The first-order chi connectivity index (χ1) is 47.6. The van der Waals surface area contributed by atoms with Gasteiger partial charge in [-0.2, -0.15) is 0 Å². The first-order valence-electron chi connectivity index (χ1n) is 30.4. The number of anilines is 12. The van der Waals surface area contributed by atoms with E-state index in [-0.39, 0.29) is 0 Å². The van der Waals surface area contributed by atoms with Crippen molar-refractivity contribution >= 4 is 103 Å². The van der Waals surface area contributed by atoms with E-state index in [1.165, 1.54) is 6.33 Å². The lowest BCUT2D eigenvalue weighted by molar-refractivity contribution is 0.393. The van der Waals surface area contributed by atoms with Crippen LogP contribution in [0.1, 0.15) is 27.9 Å². The maximum absolute atomic E-state index is 5.32. The molecule has 32 heteroatoms. The van der Waals surface area contributed by atoms with Crippen LogP contribution >= 0.6 is 0 Å². The van der Waals surface area contributed by atoms with Gasteiger partial charge in [-0.15, -0.1) is 15.3 Å². The Morgan fingerprint density at radius 2 is 0.776 bits per heavy atom. The van der Waals surface area contributed by atoms with Gasteiger partial charge >= 0.3 is 0 Å². The minimum absolute atomic E-state index is 0.443. The molecule has 15 heterocycles. The topological polar surface area (TPSA) is 381 Å². The van der Waals surface area contributed by atoms with E-state index in [4.69, 9.17) is 29.2 Å². The molecule has 0 bridgehead atoms. The summed E-state index contributed by atoms with van der Waals surface area (Å²) in [4.78, 5) is 72.1. The molecule has 0 amide bonds. The van der Waals surface area contributed by atoms with E-state index in [1.54, 1.807) is 97.3 Å². The molecular formula is C66H65N29O3. The van der Waals surface area contributed by atoms with Crippen LogP contribution in [-0.2, 0) is 21.1 Å². The summed E-state index contributed by atoms with van der Waals surface area (Å²) in [5.41, 5.74) is 14.7. The molecule has 492 valence electrons. The fourth-order valence-corrected chi connectivity index (χ4v) is 10.7. The first kappa shape index (κ1) is 63.2. The van der Waals surface area contributed by atoms with E-state index in [2.05, 4.69) is 117 Å². The molecule has 0 fully saturated rings. The van der Waals surface area contributed by atoms with Crippen LogP contribution in [0.15, 0.2) is 142 Å². The summed E-state index contributed by atoms with van der Waals surface area (Å²) in [5, 5.41) is 35.0. The van der Waals surface area contributed by atoms with Crippen LogP contribution in [0.5, 0.6) is 17.6 Å². The second-order valence-electron chi connectivity index (χ2n) is 22.3. The Balaban J connectivity index is 0.000000132. The van der Waals surface area contributed by atoms with Crippen molar-refractivity contribution in [1.82, 2.24) is 114 Å². The van der Waals surface area contributed by atoms with Crippen molar-refractivity contribution in [3.63, 3.8) is 0 Å². The molecule has 15 aromatic heterocycles. The van der Waals surface area contributed by atoms with Crippen LogP contribution in [-0.4, -0.2) is 135 Å². The Bertz CT molecular complexity index is 5120. The highest BCUT2D eigenvalue weighted by molar-refractivity contribution is 6.03. The number of aromatic amines is 3. The summed E-state index contributed by atoms with van der Waals surface area (Å²) in [6.45, 7) is 9.88. The van der Waals surface area contributed by atoms with Gasteiger partial charge in [0.15, 0.2) is 17.5 Å². The van der Waals surface area contributed by atoms with Gasteiger partial charge in [-0.05, 0) is 87.2 Å². The van der Waals surface area contributed by atoms with Crippen molar-refractivity contribution in [3.8, 4) is 51.4 Å². The summed E-state index contributed by atoms with van der Waals surface area (Å²) in [6.07, 6.45) is 30.0. The van der Waals surface area contributed by atoms with Crippen LogP contribution in [0.4, 0.5) is 69.8 Å². The van der Waals surface area contributed by atoms with Crippen molar-refractivity contribution < 1.29 is 14.2 Å². The smallest absolute Gasteiger partial charge is 0.256 e. The quantitative estimate of drug-likeness (QED) is 0.0385. The van der Waals surface area contributed by atoms with Gasteiger partial charge in [0.2, 0.25) is 17.8 Å². The summed E-state index contributed by atoms with van der Waals surface area (Å²) in [6, 6.07) is 11.7. The zero-order valence-electron chi connectivity index (χ0n) is 54.9. The van der Waals surface area contributed by atoms with Crippen molar-refractivity contribution in [2.75, 3.05) is 53.2 Å². The first-order valence-corrected chi connectivity index (χ1v) is 30.4. The summed E-state index contributed by atoms with van der Waals surface area (Å²) in [5.74, 6) is 6.79. The van der Waals surface area contributed by atoms with Gasteiger partial charge in [0, 0.05) is 140 Å². The van der Waals surface area contributed by atoms with E-state index in [0.717, 1.165) is 100 Å². The maximum Gasteiger partial charge on any atom is 0.256 e. The fourth-order valence-electron chi connectivity index (χ4n) is 10.7. The highest BCUT2D eigenvalue weighted by Crippen LogP contribution is 2.38. The van der Waals surface area contributed by atoms with E-state index in [1.807, 2.05) is 129 Å². The maximum atomic E-state index is 5.32. The van der Waals surface area contributed by atoms with Crippen molar-refractivity contribution in [2.45, 2.75) is 34.6 Å². The molecule has 32 nitrogen and oxygen atoms in total. The Labute approximate surface area is 558 Å². The van der Waals surface area contributed by atoms with Gasteiger partial charge < -0.3 is 61.1 Å². The second-order valence-corrected chi connectivity index (χ2v) is 22.3. The highest BCUT2D eigenvalue weighted by Gasteiger charge is 2.21. The molecule has 0 aliphatic rings. The standard InChI is InChI=1S/C23H23N9O.C22H22N10O.C21H20N10O/c1-13-5-7-24-18(9-13)29-21-20-15(6-8-25-21)16(11-26-20)19-14(2)10-27-23(30-19)28-17-12-32(3)31-22(17)33-4;1-12-8-25-22(28-16-10-32(3)31-21(16)33-4)30-18(12)15-9-24-19-14(15)5-6-23-20(19)29-17-7-13(2)26-11-27-17;1-12-8-26-21(27-15-11-31(2)30-20(15)32-3)29-17(12)14-9-25-18-13(14)4-5-24-19(18)28-16-10-22-6-7-23-16/h5-12,26H,1-4H3,(H,24,25,29)(H,27,28,30);5-11,24H,1-4H3,(H,25,28,30)(H,23,26,27,29);4-11,25H,1-3H3,(H,23,24,28)(H,26,27,29). The number of hydrogen-bond donors (Lipinski definition) is 9. The molecule has 0 aromatic carbocycles. The van der Waals surface area contributed by atoms with Crippen molar-refractivity contribution in [2.24, 2.45) is 21.1 Å². The number of pyridine rings is 4. The third-order valence-electron chi connectivity index (χ3n) is 15.2. The molecule has 98 heavy (non-hydrogen) atoms. The summed E-state index contributed by atoms with van der Waals surface area (Å²) in [7, 11) is 10.2. The number of nitrogens with zero attached hydrogens (tertiary/aromatic N) is 20. The summed E-state index contributed by atoms with van der Waals surface area (Å²) < 4.78 is 20.9. The molecule has 0 saturated carbocycles. The number of ether oxygens (including phenoxy) is 3. The molecule has 0 atom stereocenters. The Hall–Kier alpha value is -13.6. The van der Waals surface area contributed by atoms with Gasteiger partial charge in [-0.25, -0.2) is 64.8 Å². The van der Waals surface area contributed by atoms with E-state index < -0.39 is 0 Å². The molecule has 0 unspecified atom stereocenters. The van der Waals surface area contributed by atoms with Crippen molar-refractivity contribution in [1.29, 1.82) is 0 Å². The van der Waals surface area contributed by atoms with Gasteiger partial charge in [0.05, 0.1) is 79.7 Å². The minimum Gasteiger partial charge on any atom is -0.478 e. The molecule has 0 radical (unpaired) electrons. The SMILES string of the molecule is COc1nn(C)cc1Nc1ncc(C)c(-c2c[nH]c3c(Nc4cc(C)ccn4)nccc23)n1.COc1nn(C)cc1Nc1ncc(C)c(-c2c[nH]c3c(Nc4cc(C)ncn4)nccc23)n1.COc1nn(C)cc1Nc1ncc(C)c(-c2c[nH]c3c(Nc4cnccn4)nccc23)n1. The number of fused-ring (bicyclic) bond motifs is 3. The minimum atomic E-state index is 0.443. The lowest BCUT2D eigenvalue weighted by atomic mass is 10.1. The molecule has 0 spiro atoms. The monoisotopic (exact) mass is 1310 g/mol. The number of methoxy groups -OCH3 is 3. The molecule has 0 saturated heterocycles. The Morgan fingerprint density at radius 3 is 1.15 bits per heavy atom. The number of hydrogen-bond acceptors (Lipinski definition) is 26. The fraction of sp³-hybridized carbons (Fsp3) is 0.167. The number of nitrogens with one attached hydrogen (secondary N) is 9. The largest absolute Gasteiger partial charge is 0.478 e.